The van der Waals surface area contributed by atoms with Crippen LogP contribution in [0.4, 0.5) is 0 Å². The lowest BCUT2D eigenvalue weighted by atomic mass is 9.89. The van der Waals surface area contributed by atoms with E-state index >= 15 is 0 Å². The molecule has 1 unspecified atom stereocenters. The Morgan fingerprint density at radius 2 is 1.88 bits per heavy atom. The van der Waals surface area contributed by atoms with Crippen LogP contribution in [0.3, 0.4) is 0 Å². The van der Waals surface area contributed by atoms with E-state index < -0.39 is 5.54 Å². The monoisotopic (exact) mass is 325 g/mol. The number of aromatic nitrogens is 3. The highest BCUT2D eigenvalue weighted by Gasteiger charge is 2.53. The largest absolute Gasteiger partial charge is 0.346 e. The Morgan fingerprint density at radius 1 is 1.12 bits per heavy atom. The van der Waals surface area contributed by atoms with E-state index in [0.29, 0.717) is 24.2 Å². The van der Waals surface area contributed by atoms with E-state index in [0.717, 1.165) is 6.42 Å². The third-order valence-corrected chi connectivity index (χ3v) is 4.30. The number of carbonyl (C=O) groups is 2. The molecule has 2 amide bonds. The molecule has 0 aliphatic carbocycles. The minimum Gasteiger partial charge on any atom is -0.346 e. The molecule has 1 fully saturated rings. The van der Waals surface area contributed by atoms with Crippen molar-refractivity contribution in [3.8, 4) is 0 Å². The number of likely N-dealkylation sites (N-methyl/N-ethyl adjacent to an activating group) is 1. The molecule has 124 valence electrons. The topological polar surface area (TPSA) is 79.3 Å². The molecule has 2 aromatic rings. The molecule has 1 atom stereocenters. The van der Waals surface area contributed by atoms with Gasteiger partial charge in [0.2, 0.25) is 0 Å². The average Bonchev–Trinajstić information content (AvgIpc) is 3.07. The first-order valence-electron chi connectivity index (χ1n) is 7.77. The summed E-state index contributed by atoms with van der Waals surface area (Å²) in [5.41, 5.74) is -0.103. The van der Waals surface area contributed by atoms with Crippen molar-refractivity contribution in [3.63, 3.8) is 0 Å². The van der Waals surface area contributed by atoms with Crippen LogP contribution >= 0.6 is 0 Å². The molecule has 7 nitrogen and oxygen atoms in total. The van der Waals surface area contributed by atoms with Gasteiger partial charge in [0.1, 0.15) is 0 Å². The van der Waals surface area contributed by atoms with E-state index in [1.54, 1.807) is 62.1 Å². The fourth-order valence-electron chi connectivity index (χ4n) is 3.22. The molecule has 0 saturated carbocycles. The molecule has 3 rings (SSSR count). The van der Waals surface area contributed by atoms with Crippen molar-refractivity contribution in [2.24, 2.45) is 0 Å². The summed E-state index contributed by atoms with van der Waals surface area (Å²) in [4.78, 5) is 41.6. The van der Waals surface area contributed by atoms with Gasteiger partial charge in [-0.1, -0.05) is 0 Å². The summed E-state index contributed by atoms with van der Waals surface area (Å²) in [5.74, 6) is -0.362. The lowest BCUT2D eigenvalue weighted by Gasteiger charge is -2.38. The van der Waals surface area contributed by atoms with Gasteiger partial charge in [0.25, 0.3) is 11.8 Å². The molecule has 1 saturated heterocycles. The maximum atomic E-state index is 13.1. The van der Waals surface area contributed by atoms with Gasteiger partial charge in [-0.25, -0.2) is 0 Å². The summed E-state index contributed by atoms with van der Waals surface area (Å²) >= 11 is 0. The highest BCUT2D eigenvalue weighted by atomic mass is 16.2. The lowest BCUT2D eigenvalue weighted by molar-refractivity contribution is -0.140. The number of carbonyl (C=O) groups excluding carboxylic acids is 2. The van der Waals surface area contributed by atoms with Crippen molar-refractivity contribution in [3.05, 3.63) is 54.4 Å². The second-order valence-electron chi connectivity index (χ2n) is 5.95. The predicted octanol–water partition coefficient (Wildman–Crippen LogP) is 1.09. The van der Waals surface area contributed by atoms with Crippen LogP contribution in [0, 0.1) is 0 Å². The third kappa shape index (κ3) is 2.51. The van der Waals surface area contributed by atoms with Crippen LogP contribution in [0.15, 0.2) is 43.1 Å². The number of rotatable bonds is 3. The number of hydrogen-bond donors (Lipinski definition) is 0. The summed E-state index contributed by atoms with van der Waals surface area (Å²) in [6, 6.07) is 3.31. The van der Waals surface area contributed by atoms with Gasteiger partial charge in [-0.3, -0.25) is 24.5 Å². The van der Waals surface area contributed by atoms with Gasteiger partial charge < -0.3 is 9.80 Å². The Balaban J connectivity index is 2.10. The van der Waals surface area contributed by atoms with Crippen molar-refractivity contribution < 1.29 is 9.59 Å². The van der Waals surface area contributed by atoms with Crippen LogP contribution in [-0.2, 0) is 10.3 Å². The van der Waals surface area contributed by atoms with Crippen LogP contribution in [-0.4, -0.2) is 57.2 Å². The summed E-state index contributed by atoms with van der Waals surface area (Å²) in [7, 11) is 3.38. The van der Waals surface area contributed by atoms with Crippen LogP contribution in [0.1, 0.15) is 28.9 Å². The van der Waals surface area contributed by atoms with Crippen LogP contribution in [0.25, 0.3) is 0 Å². The number of pyridine rings is 1. The van der Waals surface area contributed by atoms with Crippen molar-refractivity contribution >= 4 is 11.8 Å². The highest BCUT2D eigenvalue weighted by molar-refractivity contribution is 5.99. The average molecular weight is 325 g/mol. The van der Waals surface area contributed by atoms with Crippen molar-refractivity contribution in [2.75, 3.05) is 20.6 Å². The fourth-order valence-corrected chi connectivity index (χ4v) is 3.22. The Morgan fingerprint density at radius 3 is 2.50 bits per heavy atom. The smallest absolute Gasteiger partial charge is 0.255 e. The molecule has 2 aromatic heterocycles. The zero-order chi connectivity index (χ0) is 17.2. The molecule has 0 spiro atoms. The van der Waals surface area contributed by atoms with E-state index in [2.05, 4.69) is 15.0 Å². The maximum Gasteiger partial charge on any atom is 0.255 e. The van der Waals surface area contributed by atoms with Crippen molar-refractivity contribution in [2.45, 2.75) is 18.4 Å². The normalized spacial score (nSPS) is 20.0. The number of amides is 2. The number of likely N-dealkylation sites (tertiary alicyclic amines) is 1. The van der Waals surface area contributed by atoms with Gasteiger partial charge in [-0.05, 0) is 25.0 Å². The minimum atomic E-state index is -1.11. The molecule has 3 heterocycles. The standard InChI is InChI=1S/C17H19N5O2/c1-21(2)16(24)17(14-12-19-9-10-20-14)6-3-11-22(17)15(23)13-4-7-18-8-5-13/h4-5,7-10,12H,3,6,11H2,1-2H3. The van der Waals surface area contributed by atoms with E-state index in [1.807, 2.05) is 0 Å². The van der Waals surface area contributed by atoms with Gasteiger partial charge in [0.05, 0.1) is 11.9 Å². The quantitative estimate of drug-likeness (QED) is 0.844. The van der Waals surface area contributed by atoms with E-state index in [4.69, 9.17) is 0 Å². The summed E-state index contributed by atoms with van der Waals surface area (Å²) < 4.78 is 0. The number of hydrogen-bond acceptors (Lipinski definition) is 5. The molecule has 1 aliphatic rings. The molecule has 0 aromatic carbocycles. The first-order valence-corrected chi connectivity index (χ1v) is 7.77. The molecule has 7 heteroatoms. The highest BCUT2D eigenvalue weighted by Crippen LogP contribution is 2.40. The molecule has 1 aliphatic heterocycles. The lowest BCUT2D eigenvalue weighted by Crippen LogP contribution is -2.55. The zero-order valence-electron chi connectivity index (χ0n) is 13.7. The van der Waals surface area contributed by atoms with Gasteiger partial charge in [-0.2, -0.15) is 0 Å². The van der Waals surface area contributed by atoms with Gasteiger partial charge in [-0.15, -0.1) is 0 Å². The van der Waals surface area contributed by atoms with Crippen LogP contribution in [0.5, 0.6) is 0 Å². The SMILES string of the molecule is CN(C)C(=O)C1(c2cnccn2)CCCN1C(=O)c1ccncc1. The fraction of sp³-hybridized carbons (Fsp3) is 0.353. The van der Waals surface area contributed by atoms with Gasteiger partial charge in [0.15, 0.2) is 5.54 Å². The predicted molar refractivity (Wildman–Crippen MR) is 86.9 cm³/mol. The van der Waals surface area contributed by atoms with E-state index in [-0.39, 0.29) is 11.8 Å². The van der Waals surface area contributed by atoms with E-state index in [9.17, 15) is 9.59 Å². The van der Waals surface area contributed by atoms with E-state index in [1.165, 1.54) is 4.90 Å². The molecule has 24 heavy (non-hydrogen) atoms. The van der Waals surface area contributed by atoms with Crippen molar-refractivity contribution in [1.82, 2.24) is 24.8 Å². The summed E-state index contributed by atoms with van der Waals surface area (Å²) in [5, 5.41) is 0. The Hall–Kier alpha value is -2.83. The Kier molecular flexibility index (Phi) is 4.24. The molecular formula is C17H19N5O2. The van der Waals surface area contributed by atoms with Crippen LogP contribution < -0.4 is 0 Å². The first-order chi connectivity index (χ1) is 11.6. The Bertz CT molecular complexity index is 735. The number of nitrogens with zero attached hydrogens (tertiary/aromatic N) is 5. The second kappa shape index (κ2) is 6.35. The molecule has 0 N–H and O–H groups in total. The summed E-state index contributed by atoms with van der Waals surface area (Å²) in [6.45, 7) is 0.497. The molecule has 0 bridgehead atoms. The Labute approximate surface area is 140 Å². The van der Waals surface area contributed by atoms with Gasteiger partial charge in [0, 0.05) is 51.0 Å². The first kappa shape index (κ1) is 16.0. The maximum absolute atomic E-state index is 13.1. The zero-order valence-corrected chi connectivity index (χ0v) is 13.7. The second-order valence-corrected chi connectivity index (χ2v) is 5.95. The third-order valence-electron chi connectivity index (χ3n) is 4.30. The van der Waals surface area contributed by atoms with Gasteiger partial charge >= 0.3 is 0 Å². The summed E-state index contributed by atoms with van der Waals surface area (Å²) in [6.07, 6.45) is 9.07. The van der Waals surface area contributed by atoms with Crippen molar-refractivity contribution in [1.29, 1.82) is 0 Å². The molecular weight excluding hydrogens is 306 g/mol. The molecule has 0 radical (unpaired) electrons. The van der Waals surface area contributed by atoms with Crippen LogP contribution in [0.2, 0.25) is 0 Å². The minimum absolute atomic E-state index is 0.164.